The molecule has 138 valence electrons. The maximum Gasteiger partial charge on any atom is 0.337 e. The first-order valence-corrected chi connectivity index (χ1v) is 8.53. The molecule has 2 fully saturated rings. The molecule has 0 bridgehead atoms. The number of imide groups is 1. The van der Waals surface area contributed by atoms with Crippen LogP contribution in [0.3, 0.4) is 0 Å². The topological polar surface area (TPSA) is 105 Å². The summed E-state index contributed by atoms with van der Waals surface area (Å²) in [5, 5.41) is 5.42. The van der Waals surface area contributed by atoms with Crippen LogP contribution in [0.5, 0.6) is 0 Å². The molecule has 1 aliphatic heterocycles. The van der Waals surface area contributed by atoms with E-state index in [0.717, 1.165) is 23.3 Å². The van der Waals surface area contributed by atoms with Crippen LogP contribution < -0.4 is 10.6 Å². The number of methoxy groups -OCH3 is 1. The van der Waals surface area contributed by atoms with E-state index in [0.29, 0.717) is 18.4 Å². The Morgan fingerprint density at radius 2 is 1.85 bits per heavy atom. The first-order chi connectivity index (χ1) is 12.4. The number of nitrogens with one attached hydrogen (secondary N) is 2. The van der Waals surface area contributed by atoms with Crippen LogP contribution in [-0.2, 0) is 20.9 Å². The summed E-state index contributed by atoms with van der Waals surface area (Å²) in [6, 6.07) is 6.11. The fraction of sp³-hybridized carbons (Fsp3) is 0.444. The van der Waals surface area contributed by atoms with E-state index in [1.165, 1.54) is 7.11 Å². The molecule has 3 rings (SSSR count). The maximum atomic E-state index is 12.5. The summed E-state index contributed by atoms with van der Waals surface area (Å²) in [6.45, 7) is -0.0677. The molecule has 2 N–H and O–H groups in total. The molecule has 1 heterocycles. The number of urea groups is 1. The Labute approximate surface area is 150 Å². The fourth-order valence-electron chi connectivity index (χ4n) is 3.41. The number of hydrogen-bond donors (Lipinski definition) is 2. The quantitative estimate of drug-likeness (QED) is 0.602. The van der Waals surface area contributed by atoms with Crippen molar-refractivity contribution in [2.75, 3.05) is 13.7 Å². The number of amides is 4. The number of esters is 1. The predicted molar refractivity (Wildman–Crippen MR) is 91.1 cm³/mol. The van der Waals surface area contributed by atoms with Crippen LogP contribution in [0, 0.1) is 0 Å². The molecule has 0 radical (unpaired) electrons. The molecule has 0 unspecified atom stereocenters. The number of benzene rings is 1. The van der Waals surface area contributed by atoms with Crippen LogP contribution in [0.1, 0.15) is 41.6 Å². The van der Waals surface area contributed by atoms with E-state index in [9.17, 15) is 19.2 Å². The molecular weight excluding hydrogens is 338 g/mol. The molecule has 26 heavy (non-hydrogen) atoms. The molecule has 1 aromatic carbocycles. The molecule has 1 aromatic rings. The Kier molecular flexibility index (Phi) is 4.92. The Balaban J connectivity index is 1.53. The van der Waals surface area contributed by atoms with Gasteiger partial charge in [0.15, 0.2) is 0 Å². The molecule has 0 atom stereocenters. The van der Waals surface area contributed by atoms with Gasteiger partial charge in [0.25, 0.3) is 5.91 Å². The molecule has 0 aromatic heterocycles. The smallest absolute Gasteiger partial charge is 0.337 e. The summed E-state index contributed by atoms with van der Waals surface area (Å²) >= 11 is 0. The maximum absolute atomic E-state index is 12.5. The Morgan fingerprint density at radius 3 is 2.46 bits per heavy atom. The van der Waals surface area contributed by atoms with Gasteiger partial charge in [-0.05, 0) is 30.5 Å². The van der Waals surface area contributed by atoms with E-state index in [1.54, 1.807) is 24.3 Å². The van der Waals surface area contributed by atoms with Crippen molar-refractivity contribution in [1.82, 2.24) is 15.5 Å². The molecule has 1 aliphatic carbocycles. The molecule has 8 nitrogen and oxygen atoms in total. The summed E-state index contributed by atoms with van der Waals surface area (Å²) in [5.74, 6) is -1.15. The highest BCUT2D eigenvalue weighted by Crippen LogP contribution is 2.34. The van der Waals surface area contributed by atoms with Crippen molar-refractivity contribution < 1.29 is 23.9 Å². The number of carbonyl (C=O) groups is 4. The third-order valence-electron chi connectivity index (χ3n) is 4.87. The van der Waals surface area contributed by atoms with Crippen LogP contribution in [0.15, 0.2) is 24.3 Å². The van der Waals surface area contributed by atoms with E-state index in [4.69, 9.17) is 0 Å². The molecule has 1 spiro atoms. The number of nitrogens with zero attached hydrogens (tertiary/aromatic N) is 1. The van der Waals surface area contributed by atoms with Gasteiger partial charge in [0, 0.05) is 6.54 Å². The number of rotatable bonds is 5. The van der Waals surface area contributed by atoms with Gasteiger partial charge in [-0.15, -0.1) is 0 Å². The van der Waals surface area contributed by atoms with Gasteiger partial charge in [0.05, 0.1) is 12.7 Å². The Hall–Kier alpha value is -2.90. The van der Waals surface area contributed by atoms with Gasteiger partial charge in [-0.1, -0.05) is 25.0 Å². The minimum Gasteiger partial charge on any atom is -0.465 e. The van der Waals surface area contributed by atoms with Gasteiger partial charge in [0.2, 0.25) is 5.91 Å². The summed E-state index contributed by atoms with van der Waals surface area (Å²) in [5.41, 5.74) is 0.403. The zero-order valence-corrected chi connectivity index (χ0v) is 14.5. The van der Waals surface area contributed by atoms with E-state index in [1.807, 2.05) is 0 Å². The van der Waals surface area contributed by atoms with Crippen molar-refractivity contribution in [3.63, 3.8) is 0 Å². The Morgan fingerprint density at radius 1 is 1.19 bits per heavy atom. The average molecular weight is 359 g/mol. The highest BCUT2D eigenvalue weighted by Gasteiger charge is 2.52. The fourth-order valence-corrected chi connectivity index (χ4v) is 3.41. The van der Waals surface area contributed by atoms with Crippen LogP contribution >= 0.6 is 0 Å². The standard InChI is InChI=1S/C18H21N3O5/c1-26-15(23)13-6-4-12(5-7-13)10-19-14(22)11-21-16(24)18(20-17(21)25)8-2-3-9-18/h4-7H,2-3,8-11H2,1H3,(H,19,22)(H,20,25). The lowest BCUT2D eigenvalue weighted by molar-refractivity contribution is -0.134. The molecule has 2 aliphatic rings. The van der Waals surface area contributed by atoms with Crippen molar-refractivity contribution >= 4 is 23.8 Å². The zero-order valence-electron chi connectivity index (χ0n) is 14.5. The lowest BCUT2D eigenvalue weighted by Crippen LogP contribution is -2.45. The molecular formula is C18H21N3O5. The molecule has 4 amide bonds. The average Bonchev–Trinajstić information content (AvgIpc) is 3.20. The number of carbonyl (C=O) groups excluding carboxylic acids is 4. The highest BCUT2D eigenvalue weighted by atomic mass is 16.5. The molecule has 1 saturated heterocycles. The Bertz CT molecular complexity index is 738. The minimum atomic E-state index is -0.804. The van der Waals surface area contributed by atoms with Crippen molar-refractivity contribution in [1.29, 1.82) is 0 Å². The van der Waals surface area contributed by atoms with Crippen molar-refractivity contribution in [3.8, 4) is 0 Å². The predicted octanol–water partition coefficient (Wildman–Crippen LogP) is 0.954. The van der Waals surface area contributed by atoms with Crippen molar-refractivity contribution in [2.45, 2.75) is 37.8 Å². The van der Waals surface area contributed by atoms with E-state index in [2.05, 4.69) is 15.4 Å². The van der Waals surface area contributed by atoms with Crippen LogP contribution in [-0.4, -0.2) is 47.9 Å². The van der Waals surface area contributed by atoms with E-state index >= 15 is 0 Å². The first kappa shape index (κ1) is 17.9. The van der Waals surface area contributed by atoms with Gasteiger partial charge in [0.1, 0.15) is 12.1 Å². The van der Waals surface area contributed by atoms with Crippen molar-refractivity contribution in [2.24, 2.45) is 0 Å². The largest absolute Gasteiger partial charge is 0.465 e. The lowest BCUT2D eigenvalue weighted by Gasteiger charge is -2.19. The SMILES string of the molecule is COC(=O)c1ccc(CNC(=O)CN2C(=O)NC3(CCCC3)C2=O)cc1. The van der Waals surface area contributed by atoms with Gasteiger partial charge < -0.3 is 15.4 Å². The van der Waals surface area contributed by atoms with Gasteiger partial charge in [-0.3, -0.25) is 14.5 Å². The summed E-state index contributed by atoms with van der Waals surface area (Å²) in [7, 11) is 1.31. The second-order valence-electron chi connectivity index (χ2n) is 6.58. The number of ether oxygens (including phenoxy) is 1. The monoisotopic (exact) mass is 359 g/mol. The van der Waals surface area contributed by atoms with E-state index < -0.39 is 23.4 Å². The van der Waals surface area contributed by atoms with Crippen LogP contribution in [0.25, 0.3) is 0 Å². The van der Waals surface area contributed by atoms with Gasteiger partial charge >= 0.3 is 12.0 Å². The lowest BCUT2D eigenvalue weighted by atomic mass is 9.98. The van der Waals surface area contributed by atoms with Gasteiger partial charge in [-0.25, -0.2) is 9.59 Å². The first-order valence-electron chi connectivity index (χ1n) is 8.53. The van der Waals surface area contributed by atoms with Gasteiger partial charge in [-0.2, -0.15) is 0 Å². The van der Waals surface area contributed by atoms with Crippen LogP contribution in [0.4, 0.5) is 4.79 Å². The summed E-state index contributed by atoms with van der Waals surface area (Å²) in [6.07, 6.45) is 3.05. The summed E-state index contributed by atoms with van der Waals surface area (Å²) in [4.78, 5) is 49.1. The molecule has 8 heteroatoms. The number of hydrogen-bond acceptors (Lipinski definition) is 5. The summed E-state index contributed by atoms with van der Waals surface area (Å²) < 4.78 is 4.62. The second kappa shape index (κ2) is 7.15. The second-order valence-corrected chi connectivity index (χ2v) is 6.58. The minimum absolute atomic E-state index is 0.231. The van der Waals surface area contributed by atoms with Crippen molar-refractivity contribution in [3.05, 3.63) is 35.4 Å². The zero-order chi connectivity index (χ0) is 18.7. The van der Waals surface area contributed by atoms with Crippen LogP contribution in [0.2, 0.25) is 0 Å². The third kappa shape index (κ3) is 3.40. The normalized spacial score (nSPS) is 18.1. The third-order valence-corrected chi connectivity index (χ3v) is 4.87. The highest BCUT2D eigenvalue weighted by molar-refractivity contribution is 6.09. The van der Waals surface area contributed by atoms with E-state index in [-0.39, 0.29) is 19.0 Å². The molecule has 1 saturated carbocycles.